The molecule has 0 radical (unpaired) electrons. The predicted octanol–water partition coefficient (Wildman–Crippen LogP) is 4.28. The Balaban J connectivity index is 4.55. The third-order valence-corrected chi connectivity index (χ3v) is 9.55. The highest BCUT2D eigenvalue weighted by Gasteiger charge is 2.29. The van der Waals surface area contributed by atoms with Crippen LogP contribution < -0.4 is 0 Å². The molecule has 82 valence electrons. The highest BCUT2D eigenvalue weighted by atomic mass is 32.3. The minimum Gasteiger partial charge on any atom is -0.239 e. The highest BCUT2D eigenvalue weighted by Crippen LogP contribution is 2.55. The van der Waals surface area contributed by atoms with E-state index in [1.54, 1.807) is 0 Å². The maximum Gasteiger partial charge on any atom is -0.0115 e. The molecule has 0 heterocycles. The molecule has 3 atom stereocenters. The van der Waals surface area contributed by atoms with Crippen LogP contribution in [-0.4, -0.2) is 22.5 Å². The van der Waals surface area contributed by atoms with Crippen molar-refractivity contribution in [1.29, 1.82) is 0 Å². The van der Waals surface area contributed by atoms with Gasteiger partial charge in [-0.2, -0.15) is 0 Å². The van der Waals surface area contributed by atoms with Gasteiger partial charge in [0.1, 0.15) is 0 Å². The smallest absolute Gasteiger partial charge is 0.0115 e. The van der Waals surface area contributed by atoms with E-state index in [-0.39, 0.29) is 10.0 Å². The Kier molecular flexibility index (Phi) is 5.43. The van der Waals surface area contributed by atoms with Gasteiger partial charge in [-0.25, -0.2) is 10.0 Å². The molecule has 0 saturated carbocycles. The van der Waals surface area contributed by atoms with Gasteiger partial charge < -0.3 is 0 Å². The molecule has 0 rings (SSSR count). The number of hydrogen-bond donors (Lipinski definition) is 0. The van der Waals surface area contributed by atoms with Crippen molar-refractivity contribution < 1.29 is 0 Å². The Bertz CT molecular complexity index is 142. The van der Waals surface area contributed by atoms with Gasteiger partial charge in [0.15, 0.2) is 0 Å². The van der Waals surface area contributed by atoms with Crippen LogP contribution in [0.2, 0.25) is 0 Å². The fourth-order valence-corrected chi connectivity index (χ4v) is 5.19. The molecular weight excluding hydrogens is 176 g/mol. The Morgan fingerprint density at radius 1 is 1.00 bits per heavy atom. The first-order valence-corrected chi connectivity index (χ1v) is 7.97. The Labute approximate surface area is 86.8 Å². The van der Waals surface area contributed by atoms with Crippen LogP contribution >= 0.6 is 10.0 Å². The van der Waals surface area contributed by atoms with Gasteiger partial charge in [0, 0.05) is 0 Å². The van der Waals surface area contributed by atoms with Gasteiger partial charge in [0.2, 0.25) is 0 Å². The molecule has 0 aromatic rings. The van der Waals surface area contributed by atoms with Crippen LogP contribution in [0.3, 0.4) is 0 Å². The van der Waals surface area contributed by atoms with Crippen molar-refractivity contribution in [2.24, 2.45) is 5.92 Å². The molecule has 0 bridgehead atoms. The second-order valence-electron chi connectivity index (χ2n) is 4.66. The summed E-state index contributed by atoms with van der Waals surface area (Å²) in [5.41, 5.74) is 0. The van der Waals surface area contributed by atoms with Crippen molar-refractivity contribution in [2.75, 3.05) is 12.0 Å². The third kappa shape index (κ3) is 2.90. The molecular formula is C12H28S. The molecule has 0 aliphatic carbocycles. The van der Waals surface area contributed by atoms with Crippen LogP contribution in [-0.2, 0) is 0 Å². The maximum atomic E-state index is 2.54. The summed E-state index contributed by atoms with van der Waals surface area (Å²) in [5, 5.41) is 1.80. The minimum absolute atomic E-state index is 0.384. The van der Waals surface area contributed by atoms with Gasteiger partial charge in [-0.3, -0.25) is 0 Å². The quantitative estimate of drug-likeness (QED) is 0.627. The van der Waals surface area contributed by atoms with E-state index in [0.717, 1.165) is 16.4 Å². The van der Waals surface area contributed by atoms with E-state index in [1.807, 2.05) is 0 Å². The van der Waals surface area contributed by atoms with Crippen molar-refractivity contribution in [3.8, 4) is 0 Å². The molecule has 0 saturated heterocycles. The van der Waals surface area contributed by atoms with E-state index in [2.05, 4.69) is 47.8 Å². The van der Waals surface area contributed by atoms with Crippen LogP contribution in [0, 0.1) is 5.92 Å². The normalized spacial score (nSPS) is 23.7. The van der Waals surface area contributed by atoms with E-state index >= 15 is 0 Å². The lowest BCUT2D eigenvalue weighted by atomic mass is 10.1. The van der Waals surface area contributed by atoms with Gasteiger partial charge in [0.05, 0.1) is 0 Å². The summed E-state index contributed by atoms with van der Waals surface area (Å²) in [6.45, 7) is 14.4. The van der Waals surface area contributed by atoms with Crippen molar-refractivity contribution in [2.45, 2.75) is 58.5 Å². The molecule has 0 spiro atoms. The monoisotopic (exact) mass is 204 g/mol. The molecule has 0 aromatic heterocycles. The molecule has 0 aliphatic rings. The Morgan fingerprint density at radius 3 is 1.69 bits per heavy atom. The average molecular weight is 204 g/mol. The molecule has 0 amide bonds. The summed E-state index contributed by atoms with van der Waals surface area (Å²) in [4.78, 5) is 0. The number of rotatable bonds is 5. The van der Waals surface area contributed by atoms with Crippen LogP contribution in [0.15, 0.2) is 0 Å². The summed E-state index contributed by atoms with van der Waals surface area (Å²) >= 11 is 0. The summed E-state index contributed by atoms with van der Waals surface area (Å²) in [7, 11) is -0.384. The largest absolute Gasteiger partial charge is 0.239 e. The van der Waals surface area contributed by atoms with Gasteiger partial charge in [0.25, 0.3) is 0 Å². The first-order valence-electron chi connectivity index (χ1n) is 5.63. The van der Waals surface area contributed by atoms with Crippen LogP contribution in [0.25, 0.3) is 0 Å². The zero-order valence-electron chi connectivity index (χ0n) is 10.6. The average Bonchev–Trinajstić information content (AvgIpc) is 2.13. The van der Waals surface area contributed by atoms with Gasteiger partial charge >= 0.3 is 0 Å². The van der Waals surface area contributed by atoms with Crippen LogP contribution in [0.1, 0.15) is 48.0 Å². The van der Waals surface area contributed by atoms with Gasteiger partial charge in [-0.05, 0) is 28.4 Å². The fraction of sp³-hybridized carbons (Fsp3) is 1.00. The minimum atomic E-state index is -0.384. The van der Waals surface area contributed by atoms with E-state index < -0.39 is 0 Å². The topological polar surface area (TPSA) is 0 Å². The van der Waals surface area contributed by atoms with E-state index in [9.17, 15) is 0 Å². The fourth-order valence-electron chi connectivity index (χ4n) is 1.89. The van der Waals surface area contributed by atoms with E-state index in [0.29, 0.717) is 0 Å². The molecule has 0 aliphatic heterocycles. The molecule has 0 nitrogen and oxygen atoms in total. The molecule has 0 aromatic carbocycles. The molecule has 0 fully saturated rings. The van der Waals surface area contributed by atoms with Crippen molar-refractivity contribution in [3.05, 3.63) is 0 Å². The molecule has 3 unspecified atom stereocenters. The first kappa shape index (κ1) is 13.4. The molecule has 1 heteroatoms. The van der Waals surface area contributed by atoms with Gasteiger partial charge in [-0.1, -0.05) is 48.0 Å². The maximum absolute atomic E-state index is 2.54. The lowest BCUT2D eigenvalue weighted by molar-refractivity contribution is 0.550. The van der Waals surface area contributed by atoms with Gasteiger partial charge in [-0.15, -0.1) is 0 Å². The second-order valence-corrected chi connectivity index (χ2v) is 9.38. The highest BCUT2D eigenvalue weighted by molar-refractivity contribution is 8.34. The second kappa shape index (κ2) is 5.29. The zero-order valence-corrected chi connectivity index (χ0v) is 11.4. The van der Waals surface area contributed by atoms with E-state index in [4.69, 9.17) is 0 Å². The SMILES string of the molecule is CCC(C)C(C)S(C)(CC)C(C)C. The zero-order chi connectivity index (χ0) is 10.6. The van der Waals surface area contributed by atoms with Crippen molar-refractivity contribution >= 4 is 10.0 Å². The van der Waals surface area contributed by atoms with Crippen molar-refractivity contribution in [1.82, 2.24) is 0 Å². The third-order valence-electron chi connectivity index (χ3n) is 3.99. The summed E-state index contributed by atoms with van der Waals surface area (Å²) in [6, 6.07) is 0. The molecule has 13 heavy (non-hydrogen) atoms. The standard InChI is InChI=1S/C12H28S/c1-8-11(5)12(6)13(7,9-2)10(3)4/h10-12H,8-9H2,1-7H3. The summed E-state index contributed by atoms with van der Waals surface area (Å²) in [6.07, 6.45) is 3.87. The lowest BCUT2D eigenvalue weighted by Crippen LogP contribution is -2.28. The lowest BCUT2D eigenvalue weighted by Gasteiger charge is -2.47. The molecule has 0 N–H and O–H groups in total. The summed E-state index contributed by atoms with van der Waals surface area (Å²) < 4.78 is 0. The van der Waals surface area contributed by atoms with Crippen molar-refractivity contribution in [3.63, 3.8) is 0 Å². The summed E-state index contributed by atoms with van der Waals surface area (Å²) in [5.74, 6) is 2.28. The van der Waals surface area contributed by atoms with Crippen LogP contribution in [0.5, 0.6) is 0 Å². The Hall–Kier alpha value is 0.350. The predicted molar refractivity (Wildman–Crippen MR) is 68.1 cm³/mol. The number of hydrogen-bond acceptors (Lipinski definition) is 0. The van der Waals surface area contributed by atoms with E-state index in [1.165, 1.54) is 12.2 Å². The van der Waals surface area contributed by atoms with Crippen LogP contribution in [0.4, 0.5) is 0 Å². The Morgan fingerprint density at radius 2 is 1.46 bits per heavy atom. The first-order chi connectivity index (χ1) is 5.90.